The average Bonchev–Trinajstić information content (AvgIpc) is 2.31. The quantitative estimate of drug-likeness (QED) is 0.648. The second-order valence-electron chi connectivity index (χ2n) is 3.57. The third-order valence-corrected chi connectivity index (χ3v) is 3.91. The van der Waals surface area contributed by atoms with Crippen molar-refractivity contribution in [1.29, 1.82) is 0 Å². The van der Waals surface area contributed by atoms with E-state index in [-0.39, 0.29) is 10.8 Å². The van der Waals surface area contributed by atoms with Crippen LogP contribution < -0.4 is 4.52 Å². The fourth-order valence-corrected chi connectivity index (χ4v) is 3.14. The van der Waals surface area contributed by atoms with Crippen molar-refractivity contribution >= 4 is 41.9 Å². The Morgan fingerprint density at radius 2 is 2.05 bits per heavy atom. The summed E-state index contributed by atoms with van der Waals surface area (Å²) in [7, 11) is 0. The van der Waals surface area contributed by atoms with Gasteiger partial charge in [0.2, 0.25) is 5.95 Å². The highest BCUT2D eigenvalue weighted by molar-refractivity contribution is 8.06. The molecule has 1 aromatic carbocycles. The Balaban J connectivity index is 2.19. The van der Waals surface area contributed by atoms with E-state index < -0.39 is 12.7 Å². The molecule has 0 aliphatic carbocycles. The van der Waals surface area contributed by atoms with Gasteiger partial charge < -0.3 is 14.3 Å². The topological polar surface area (TPSA) is 62.6 Å². The Labute approximate surface area is 128 Å². The molecule has 0 unspecified atom stereocenters. The van der Waals surface area contributed by atoms with Crippen LogP contribution in [-0.4, -0.2) is 14.8 Å². The second-order valence-corrected chi connectivity index (χ2v) is 7.67. The number of benzene rings is 1. The molecule has 0 aliphatic heterocycles. The van der Waals surface area contributed by atoms with Crippen LogP contribution in [0.1, 0.15) is 0 Å². The summed E-state index contributed by atoms with van der Waals surface area (Å²) in [5.74, 6) is -0.487. The van der Waals surface area contributed by atoms with Gasteiger partial charge in [-0.3, -0.25) is 0 Å². The molecule has 4 nitrogen and oxygen atoms in total. The maximum Gasteiger partial charge on any atom is 0.375 e. The Hall–Kier alpha value is -0.690. The van der Waals surface area contributed by atoms with Gasteiger partial charge in [-0.15, -0.1) is 0 Å². The van der Waals surface area contributed by atoms with E-state index in [1.54, 1.807) is 24.3 Å². The molecule has 0 atom stereocenters. The molecule has 0 spiro atoms. The summed E-state index contributed by atoms with van der Waals surface area (Å²) >= 11 is 11.5. The lowest BCUT2D eigenvalue weighted by molar-refractivity contribution is 0.370. The molecule has 0 amide bonds. The van der Waals surface area contributed by atoms with Crippen LogP contribution in [0.15, 0.2) is 46.3 Å². The summed E-state index contributed by atoms with van der Waals surface area (Å²) in [6, 6.07) is 9.09. The van der Waals surface area contributed by atoms with Gasteiger partial charge in [0.15, 0.2) is 0 Å². The van der Waals surface area contributed by atoms with Crippen LogP contribution in [0.5, 0.6) is 5.75 Å². The van der Waals surface area contributed by atoms with E-state index in [9.17, 15) is 4.39 Å². The van der Waals surface area contributed by atoms with Crippen LogP contribution in [0.4, 0.5) is 4.39 Å². The molecule has 1 heterocycles. The van der Waals surface area contributed by atoms with Crippen LogP contribution in [0.2, 0.25) is 5.02 Å². The first-order valence-corrected chi connectivity index (χ1v) is 9.00. The molecule has 0 bridgehead atoms. The molecule has 0 aliphatic rings. The smallest absolute Gasteiger partial charge is 0.375 e. The van der Waals surface area contributed by atoms with E-state index in [4.69, 9.17) is 25.9 Å². The van der Waals surface area contributed by atoms with Crippen LogP contribution in [0.25, 0.3) is 0 Å². The van der Waals surface area contributed by atoms with E-state index in [1.165, 1.54) is 23.9 Å². The zero-order chi connectivity index (χ0) is 14.8. The molecule has 2 aromatic rings. The molecule has 0 radical (unpaired) electrons. The minimum Gasteiger partial charge on any atom is -0.423 e. The summed E-state index contributed by atoms with van der Waals surface area (Å²) in [4.78, 5) is 22.6. The fourth-order valence-electron chi connectivity index (χ4n) is 1.31. The number of nitrogens with zero attached hydrogens (tertiary/aromatic N) is 1. The number of rotatable bonds is 4. The average molecular weight is 352 g/mol. The first-order chi connectivity index (χ1) is 9.33. The van der Waals surface area contributed by atoms with Crippen molar-refractivity contribution in [2.24, 2.45) is 0 Å². The maximum atomic E-state index is 13.0. The van der Waals surface area contributed by atoms with Crippen molar-refractivity contribution < 1.29 is 18.7 Å². The molecule has 0 saturated carbocycles. The molecule has 2 N–H and O–H groups in total. The number of pyridine rings is 1. The number of hydrogen-bond donors (Lipinski definition) is 2. The van der Waals surface area contributed by atoms with E-state index >= 15 is 0 Å². The molecule has 9 heteroatoms. The normalized spacial score (nSPS) is 11.4. The van der Waals surface area contributed by atoms with E-state index in [0.29, 0.717) is 9.92 Å². The third-order valence-electron chi connectivity index (χ3n) is 2.03. The minimum atomic E-state index is -3.82. The standard InChI is InChI=1S/C11H8ClFNO3PS2/c12-8-6-7(4-5-9(8)17-18(15,16)19)20-11-3-1-2-10(13)14-11/h1-6H,(H2,15,16,19). The highest BCUT2D eigenvalue weighted by Gasteiger charge is 2.13. The van der Waals surface area contributed by atoms with Gasteiger partial charge in [-0.1, -0.05) is 29.4 Å². The van der Waals surface area contributed by atoms with Crippen LogP contribution in [-0.2, 0) is 11.8 Å². The Morgan fingerprint density at radius 1 is 1.30 bits per heavy atom. The Morgan fingerprint density at radius 3 is 2.65 bits per heavy atom. The maximum absolute atomic E-state index is 13.0. The molecular formula is C11H8ClFNO3PS2. The van der Waals surface area contributed by atoms with Gasteiger partial charge in [-0.2, -0.15) is 4.39 Å². The van der Waals surface area contributed by atoms with Gasteiger partial charge in [-0.05, 0) is 30.3 Å². The van der Waals surface area contributed by atoms with Crippen molar-refractivity contribution in [1.82, 2.24) is 4.98 Å². The number of halogens is 2. The lowest BCUT2D eigenvalue weighted by Crippen LogP contribution is -1.91. The third kappa shape index (κ3) is 4.70. The highest BCUT2D eigenvalue weighted by atomic mass is 35.5. The van der Waals surface area contributed by atoms with Crippen molar-refractivity contribution in [3.05, 3.63) is 47.4 Å². The minimum absolute atomic E-state index is 0.0801. The predicted molar refractivity (Wildman–Crippen MR) is 79.1 cm³/mol. The summed E-state index contributed by atoms with van der Waals surface area (Å²) in [5.41, 5.74) is 0. The predicted octanol–water partition coefficient (Wildman–Crippen LogP) is 3.61. The second kappa shape index (κ2) is 6.39. The Kier molecular flexibility index (Phi) is 5.01. The molecule has 106 valence electrons. The molecule has 2 rings (SSSR count). The zero-order valence-electron chi connectivity index (χ0n) is 9.73. The lowest BCUT2D eigenvalue weighted by Gasteiger charge is -2.12. The number of hydrogen-bond acceptors (Lipinski definition) is 4. The van der Waals surface area contributed by atoms with Gasteiger partial charge in [0.1, 0.15) is 10.8 Å². The molecule has 0 fully saturated rings. The van der Waals surface area contributed by atoms with Gasteiger partial charge in [0, 0.05) is 16.7 Å². The molecule has 1 aromatic heterocycles. The van der Waals surface area contributed by atoms with Gasteiger partial charge in [0.05, 0.1) is 5.02 Å². The van der Waals surface area contributed by atoms with Crippen molar-refractivity contribution in [2.45, 2.75) is 9.92 Å². The molecule has 20 heavy (non-hydrogen) atoms. The first-order valence-electron chi connectivity index (χ1n) is 5.18. The van der Waals surface area contributed by atoms with Gasteiger partial charge in [0.25, 0.3) is 0 Å². The highest BCUT2D eigenvalue weighted by Crippen LogP contribution is 2.42. The number of aromatic nitrogens is 1. The Bertz CT molecular complexity index is 682. The summed E-state index contributed by atoms with van der Waals surface area (Å²) in [6.07, 6.45) is 0. The largest absolute Gasteiger partial charge is 0.423 e. The van der Waals surface area contributed by atoms with Gasteiger partial charge >= 0.3 is 6.72 Å². The van der Waals surface area contributed by atoms with E-state index in [2.05, 4.69) is 16.8 Å². The van der Waals surface area contributed by atoms with Crippen molar-refractivity contribution in [3.63, 3.8) is 0 Å². The van der Waals surface area contributed by atoms with Crippen molar-refractivity contribution in [2.75, 3.05) is 0 Å². The zero-order valence-corrected chi connectivity index (χ0v) is 13.0. The first kappa shape index (κ1) is 15.7. The SMILES string of the molecule is OP(O)(=S)Oc1ccc(Sc2cccc(F)n2)cc1Cl. The van der Waals surface area contributed by atoms with Crippen LogP contribution in [0.3, 0.4) is 0 Å². The van der Waals surface area contributed by atoms with Crippen LogP contribution in [0, 0.1) is 5.95 Å². The fraction of sp³-hybridized carbons (Fsp3) is 0. The van der Waals surface area contributed by atoms with E-state index in [0.717, 1.165) is 0 Å². The molecular weight excluding hydrogens is 344 g/mol. The monoisotopic (exact) mass is 351 g/mol. The van der Waals surface area contributed by atoms with E-state index in [1.807, 2.05) is 0 Å². The van der Waals surface area contributed by atoms with Crippen LogP contribution >= 0.6 is 30.1 Å². The summed E-state index contributed by atoms with van der Waals surface area (Å²) in [6.45, 7) is -3.82. The summed E-state index contributed by atoms with van der Waals surface area (Å²) in [5, 5.41) is 0.646. The van der Waals surface area contributed by atoms with Gasteiger partial charge in [-0.25, -0.2) is 4.98 Å². The van der Waals surface area contributed by atoms with Crippen molar-refractivity contribution in [3.8, 4) is 5.75 Å². The molecule has 0 saturated heterocycles. The lowest BCUT2D eigenvalue weighted by atomic mass is 10.3. The summed E-state index contributed by atoms with van der Waals surface area (Å²) < 4.78 is 17.7.